The van der Waals surface area contributed by atoms with Gasteiger partial charge in [0.05, 0.1) is 0 Å². The highest BCUT2D eigenvalue weighted by molar-refractivity contribution is 6.30. The quantitative estimate of drug-likeness (QED) is 0.907. The summed E-state index contributed by atoms with van der Waals surface area (Å²) in [6.07, 6.45) is 2.64. The van der Waals surface area contributed by atoms with Gasteiger partial charge in [-0.25, -0.2) is 0 Å². The summed E-state index contributed by atoms with van der Waals surface area (Å²) in [6, 6.07) is 7.69. The van der Waals surface area contributed by atoms with E-state index in [2.05, 4.69) is 0 Å². The number of carboxylic acids is 1. The van der Waals surface area contributed by atoms with Crippen molar-refractivity contribution in [1.82, 2.24) is 4.90 Å². The highest BCUT2D eigenvalue weighted by Crippen LogP contribution is 2.49. The van der Waals surface area contributed by atoms with Gasteiger partial charge in [-0.05, 0) is 42.9 Å². The molecule has 0 spiro atoms. The number of carboxylic acid groups (broad SMARTS) is 1. The van der Waals surface area contributed by atoms with E-state index in [9.17, 15) is 9.59 Å². The fraction of sp³-hybridized carbons (Fsp3) is 0.467. The van der Waals surface area contributed by atoms with Gasteiger partial charge >= 0.3 is 5.97 Å². The van der Waals surface area contributed by atoms with Crippen LogP contribution in [0.5, 0.6) is 0 Å². The number of nitrogens with zero attached hydrogens (tertiary/aromatic N) is 1. The zero-order chi connectivity index (χ0) is 14.3. The summed E-state index contributed by atoms with van der Waals surface area (Å²) in [7, 11) is 0. The summed E-state index contributed by atoms with van der Waals surface area (Å²) in [4.78, 5) is 24.8. The summed E-state index contributed by atoms with van der Waals surface area (Å²) in [6.45, 7) is -0.178. The highest BCUT2D eigenvalue weighted by Gasteiger charge is 2.48. The molecule has 0 bridgehead atoms. The van der Waals surface area contributed by atoms with Crippen LogP contribution in [0, 0.1) is 5.92 Å². The maximum absolute atomic E-state index is 12.4. The van der Waals surface area contributed by atoms with Crippen LogP contribution >= 0.6 is 11.6 Å². The molecule has 1 aromatic rings. The number of benzene rings is 1. The molecular weight excluding hydrogens is 278 g/mol. The van der Waals surface area contributed by atoms with Gasteiger partial charge in [0.1, 0.15) is 6.54 Å². The van der Waals surface area contributed by atoms with Crippen molar-refractivity contribution in [3.63, 3.8) is 0 Å². The molecule has 20 heavy (non-hydrogen) atoms. The molecule has 106 valence electrons. The molecule has 1 amide bonds. The first kappa shape index (κ1) is 13.4. The smallest absolute Gasteiger partial charge is 0.323 e. The van der Waals surface area contributed by atoms with Crippen LogP contribution in [0.25, 0.3) is 0 Å². The number of carbonyl (C=O) groups is 2. The zero-order valence-corrected chi connectivity index (χ0v) is 11.7. The van der Waals surface area contributed by atoms with E-state index in [1.807, 2.05) is 24.3 Å². The second kappa shape index (κ2) is 5.09. The van der Waals surface area contributed by atoms with Crippen molar-refractivity contribution in [2.45, 2.75) is 31.2 Å². The highest BCUT2D eigenvalue weighted by atomic mass is 35.5. The van der Waals surface area contributed by atoms with Crippen LogP contribution in [-0.4, -0.2) is 34.5 Å². The monoisotopic (exact) mass is 293 g/mol. The lowest BCUT2D eigenvalue weighted by molar-refractivity contribution is -0.145. The van der Waals surface area contributed by atoms with Crippen LogP contribution in [0.3, 0.4) is 0 Å². The van der Waals surface area contributed by atoms with E-state index < -0.39 is 5.97 Å². The predicted molar refractivity (Wildman–Crippen MR) is 74.7 cm³/mol. The van der Waals surface area contributed by atoms with Crippen molar-refractivity contribution in [3.05, 3.63) is 34.9 Å². The Morgan fingerprint density at radius 2 is 2.10 bits per heavy atom. The van der Waals surface area contributed by atoms with Crippen LogP contribution in [-0.2, 0) is 9.59 Å². The molecule has 2 atom stereocenters. The Balaban J connectivity index is 1.68. The summed E-state index contributed by atoms with van der Waals surface area (Å²) in [5.74, 6) is -0.838. The standard InChI is InChI=1S/C15H16ClNO3/c16-10-3-1-2-9(6-10)12-7-13(12)15(20)17(8-14(18)19)11-4-5-11/h1-3,6,11-13H,4-5,7-8H2,(H,18,19). The molecule has 1 aromatic carbocycles. The Morgan fingerprint density at radius 3 is 2.70 bits per heavy atom. The molecular formula is C15H16ClNO3. The third-order valence-electron chi connectivity index (χ3n) is 3.96. The van der Waals surface area contributed by atoms with E-state index >= 15 is 0 Å². The topological polar surface area (TPSA) is 57.6 Å². The predicted octanol–water partition coefficient (Wildman–Crippen LogP) is 2.52. The maximum Gasteiger partial charge on any atom is 0.323 e. The largest absolute Gasteiger partial charge is 0.480 e. The minimum atomic E-state index is -0.940. The summed E-state index contributed by atoms with van der Waals surface area (Å²) in [5.41, 5.74) is 1.07. The van der Waals surface area contributed by atoms with Gasteiger partial charge in [-0.2, -0.15) is 0 Å². The Labute approximate surface area is 122 Å². The van der Waals surface area contributed by atoms with Gasteiger partial charge < -0.3 is 10.0 Å². The zero-order valence-electron chi connectivity index (χ0n) is 11.0. The number of hydrogen-bond acceptors (Lipinski definition) is 2. The van der Waals surface area contributed by atoms with E-state index in [1.165, 1.54) is 4.90 Å². The first-order valence-corrected chi connectivity index (χ1v) is 7.22. The lowest BCUT2D eigenvalue weighted by Crippen LogP contribution is -2.38. The van der Waals surface area contributed by atoms with Gasteiger partial charge in [-0.15, -0.1) is 0 Å². The number of hydrogen-bond donors (Lipinski definition) is 1. The van der Waals surface area contributed by atoms with Gasteiger partial charge in [0.2, 0.25) is 5.91 Å². The Hall–Kier alpha value is -1.55. The summed E-state index contributed by atoms with van der Waals surface area (Å²) < 4.78 is 0. The van der Waals surface area contributed by atoms with Crippen molar-refractivity contribution in [2.24, 2.45) is 5.92 Å². The third kappa shape index (κ3) is 2.80. The average molecular weight is 294 g/mol. The maximum atomic E-state index is 12.4. The molecule has 4 nitrogen and oxygen atoms in total. The second-order valence-electron chi connectivity index (χ2n) is 5.59. The fourth-order valence-corrected chi connectivity index (χ4v) is 2.90. The molecule has 0 heterocycles. The molecule has 5 heteroatoms. The first-order chi connectivity index (χ1) is 9.56. The minimum absolute atomic E-state index is 0.0140. The van der Waals surface area contributed by atoms with Crippen LogP contribution in [0.1, 0.15) is 30.7 Å². The second-order valence-corrected chi connectivity index (χ2v) is 6.03. The van der Waals surface area contributed by atoms with Crippen molar-refractivity contribution in [2.75, 3.05) is 6.54 Å². The minimum Gasteiger partial charge on any atom is -0.480 e. The first-order valence-electron chi connectivity index (χ1n) is 6.84. The van der Waals surface area contributed by atoms with Gasteiger partial charge in [0, 0.05) is 17.0 Å². The Morgan fingerprint density at radius 1 is 1.35 bits per heavy atom. The molecule has 2 unspecified atom stereocenters. The molecule has 2 aliphatic carbocycles. The molecule has 0 aliphatic heterocycles. The normalized spacial score (nSPS) is 24.2. The molecule has 2 fully saturated rings. The van der Waals surface area contributed by atoms with Gasteiger partial charge in [0.15, 0.2) is 0 Å². The van der Waals surface area contributed by atoms with Crippen LogP contribution < -0.4 is 0 Å². The Bertz CT molecular complexity index is 556. The number of carbonyl (C=O) groups excluding carboxylic acids is 1. The molecule has 0 saturated heterocycles. The summed E-state index contributed by atoms with van der Waals surface area (Å²) >= 11 is 5.96. The van der Waals surface area contributed by atoms with Crippen LogP contribution in [0.4, 0.5) is 0 Å². The van der Waals surface area contributed by atoms with Crippen molar-refractivity contribution in [3.8, 4) is 0 Å². The average Bonchev–Trinajstić information content (AvgIpc) is 3.27. The van der Waals surface area contributed by atoms with E-state index in [1.54, 1.807) is 0 Å². The van der Waals surface area contributed by atoms with E-state index in [0.29, 0.717) is 5.02 Å². The molecule has 2 saturated carbocycles. The lowest BCUT2D eigenvalue weighted by Gasteiger charge is -2.20. The molecule has 3 rings (SSSR count). The molecule has 0 radical (unpaired) electrons. The number of aliphatic carboxylic acids is 1. The lowest BCUT2D eigenvalue weighted by atomic mass is 10.1. The van der Waals surface area contributed by atoms with Crippen molar-refractivity contribution >= 4 is 23.5 Å². The third-order valence-corrected chi connectivity index (χ3v) is 4.20. The Kier molecular flexibility index (Phi) is 3.42. The molecule has 2 aliphatic rings. The van der Waals surface area contributed by atoms with Crippen LogP contribution in [0.2, 0.25) is 5.02 Å². The van der Waals surface area contributed by atoms with Crippen molar-refractivity contribution < 1.29 is 14.7 Å². The van der Waals surface area contributed by atoms with Crippen LogP contribution in [0.15, 0.2) is 24.3 Å². The summed E-state index contributed by atoms with van der Waals surface area (Å²) in [5, 5.41) is 9.59. The fourth-order valence-electron chi connectivity index (χ4n) is 2.71. The number of amides is 1. The van der Waals surface area contributed by atoms with Crippen molar-refractivity contribution in [1.29, 1.82) is 0 Å². The SMILES string of the molecule is O=C(O)CN(C(=O)C1CC1c1cccc(Cl)c1)C1CC1. The number of halogens is 1. The molecule has 0 aromatic heterocycles. The van der Waals surface area contributed by atoms with E-state index in [-0.39, 0.29) is 30.3 Å². The number of rotatable bonds is 5. The van der Waals surface area contributed by atoms with Gasteiger partial charge in [-0.1, -0.05) is 23.7 Å². The molecule has 1 N–H and O–H groups in total. The van der Waals surface area contributed by atoms with Gasteiger partial charge in [0.25, 0.3) is 0 Å². The van der Waals surface area contributed by atoms with E-state index in [4.69, 9.17) is 16.7 Å². The van der Waals surface area contributed by atoms with E-state index in [0.717, 1.165) is 24.8 Å². The van der Waals surface area contributed by atoms with Gasteiger partial charge in [-0.3, -0.25) is 9.59 Å².